The molecule has 0 aliphatic rings. The first-order chi connectivity index (χ1) is 11.7. The van der Waals surface area contributed by atoms with Crippen molar-refractivity contribution in [1.29, 1.82) is 0 Å². The second kappa shape index (κ2) is 6.87. The molecule has 0 fully saturated rings. The number of rotatable bonds is 5. The van der Waals surface area contributed by atoms with E-state index in [4.69, 9.17) is 14.0 Å². The highest BCUT2D eigenvalue weighted by molar-refractivity contribution is 6.05. The number of para-hydroxylation sites is 1. The molecule has 0 spiro atoms. The third kappa shape index (κ3) is 3.22. The van der Waals surface area contributed by atoms with Gasteiger partial charge in [-0.2, -0.15) is 0 Å². The Kier molecular flexibility index (Phi) is 4.47. The van der Waals surface area contributed by atoms with Crippen LogP contribution in [0.25, 0.3) is 17.0 Å². The fourth-order valence-electron chi connectivity index (χ4n) is 2.26. The van der Waals surface area contributed by atoms with Crippen LogP contribution in [0.3, 0.4) is 0 Å². The molecule has 0 bridgehead atoms. The minimum Gasteiger partial charge on any atom is -0.493 e. The molecular formula is C18H16N2O4. The Morgan fingerprint density at radius 1 is 1.12 bits per heavy atom. The highest BCUT2D eigenvalue weighted by atomic mass is 16.5. The topological polar surface area (TPSA) is 73.6 Å². The van der Waals surface area contributed by atoms with Gasteiger partial charge in [-0.15, -0.1) is 0 Å². The summed E-state index contributed by atoms with van der Waals surface area (Å²) in [6.07, 6.45) is 3.10. The van der Waals surface area contributed by atoms with Gasteiger partial charge in [0.1, 0.15) is 0 Å². The predicted octanol–water partition coefficient (Wildman–Crippen LogP) is 3.50. The molecule has 0 unspecified atom stereocenters. The summed E-state index contributed by atoms with van der Waals surface area (Å²) >= 11 is 0. The van der Waals surface area contributed by atoms with Crippen LogP contribution in [0.5, 0.6) is 11.5 Å². The van der Waals surface area contributed by atoms with Crippen LogP contribution in [0.2, 0.25) is 0 Å². The number of amides is 1. The summed E-state index contributed by atoms with van der Waals surface area (Å²) in [5, 5.41) is 7.32. The van der Waals surface area contributed by atoms with Crippen molar-refractivity contribution in [2.45, 2.75) is 0 Å². The molecule has 1 heterocycles. The molecule has 122 valence electrons. The summed E-state index contributed by atoms with van der Waals surface area (Å²) in [5.41, 5.74) is 1.43. The van der Waals surface area contributed by atoms with Crippen molar-refractivity contribution in [3.8, 4) is 11.5 Å². The van der Waals surface area contributed by atoms with Gasteiger partial charge in [-0.05, 0) is 35.9 Å². The average Bonchev–Trinajstić information content (AvgIpc) is 3.02. The van der Waals surface area contributed by atoms with E-state index in [1.807, 2.05) is 24.3 Å². The van der Waals surface area contributed by atoms with Crippen molar-refractivity contribution >= 4 is 28.8 Å². The minimum absolute atomic E-state index is 0.302. The molecule has 3 rings (SSSR count). The smallest absolute Gasteiger partial charge is 0.249 e. The number of nitrogens with one attached hydrogen (secondary N) is 1. The lowest BCUT2D eigenvalue weighted by Crippen LogP contribution is -2.08. The number of carbonyl (C=O) groups excluding carboxylic acids is 1. The molecule has 2 aromatic carbocycles. The third-order valence-electron chi connectivity index (χ3n) is 3.45. The number of hydrogen-bond acceptors (Lipinski definition) is 5. The van der Waals surface area contributed by atoms with Crippen LogP contribution in [-0.4, -0.2) is 25.3 Å². The van der Waals surface area contributed by atoms with Crippen molar-refractivity contribution in [3.05, 3.63) is 54.1 Å². The summed E-state index contributed by atoms with van der Waals surface area (Å²) in [6, 6.07) is 12.7. The molecule has 6 nitrogen and oxygen atoms in total. The highest BCUT2D eigenvalue weighted by Gasteiger charge is 2.09. The fraction of sp³-hybridized carbons (Fsp3) is 0.111. The Labute approximate surface area is 138 Å². The van der Waals surface area contributed by atoms with Crippen LogP contribution < -0.4 is 14.8 Å². The van der Waals surface area contributed by atoms with Crippen LogP contribution in [0, 0.1) is 0 Å². The van der Waals surface area contributed by atoms with E-state index in [0.717, 1.165) is 10.9 Å². The Bertz CT molecular complexity index is 899. The summed E-state index contributed by atoms with van der Waals surface area (Å²) in [6.45, 7) is 0. The predicted molar refractivity (Wildman–Crippen MR) is 91.2 cm³/mol. The monoisotopic (exact) mass is 324 g/mol. The van der Waals surface area contributed by atoms with E-state index < -0.39 is 0 Å². The number of aromatic nitrogens is 1. The standard InChI is InChI=1S/C18H16N2O4/c1-22-15-9-7-12(11-16(15)23-2)8-10-17(21)19-18-13-5-3-4-6-14(13)24-20-18/h3-11H,1-2H3,(H,19,20,21)/b10-8-. The molecular weight excluding hydrogens is 308 g/mol. The van der Waals surface area contributed by atoms with E-state index in [2.05, 4.69) is 10.5 Å². The maximum atomic E-state index is 12.1. The van der Waals surface area contributed by atoms with Gasteiger partial charge in [0.15, 0.2) is 22.9 Å². The fourth-order valence-corrected chi connectivity index (χ4v) is 2.26. The molecule has 3 aromatic rings. The van der Waals surface area contributed by atoms with Crippen LogP contribution in [-0.2, 0) is 4.79 Å². The summed E-state index contributed by atoms with van der Waals surface area (Å²) in [4.78, 5) is 12.1. The Hall–Kier alpha value is -3.28. The Morgan fingerprint density at radius 3 is 2.71 bits per heavy atom. The molecule has 0 saturated heterocycles. The molecule has 24 heavy (non-hydrogen) atoms. The quantitative estimate of drug-likeness (QED) is 0.727. The van der Waals surface area contributed by atoms with E-state index in [-0.39, 0.29) is 5.91 Å². The van der Waals surface area contributed by atoms with E-state index in [9.17, 15) is 4.79 Å². The van der Waals surface area contributed by atoms with E-state index >= 15 is 0 Å². The van der Waals surface area contributed by atoms with Gasteiger partial charge in [-0.25, -0.2) is 0 Å². The zero-order valence-corrected chi connectivity index (χ0v) is 13.3. The highest BCUT2D eigenvalue weighted by Crippen LogP contribution is 2.28. The van der Waals surface area contributed by atoms with Gasteiger partial charge >= 0.3 is 0 Å². The summed E-state index contributed by atoms with van der Waals surface area (Å²) < 4.78 is 15.6. The van der Waals surface area contributed by atoms with Crippen molar-refractivity contribution in [2.75, 3.05) is 19.5 Å². The Balaban J connectivity index is 1.73. The van der Waals surface area contributed by atoms with Crippen molar-refractivity contribution in [3.63, 3.8) is 0 Å². The van der Waals surface area contributed by atoms with Gasteiger partial charge in [0.25, 0.3) is 0 Å². The van der Waals surface area contributed by atoms with Gasteiger partial charge in [-0.3, -0.25) is 4.79 Å². The number of hydrogen-bond donors (Lipinski definition) is 1. The molecule has 6 heteroatoms. The van der Waals surface area contributed by atoms with Crippen molar-refractivity contribution < 1.29 is 18.8 Å². The van der Waals surface area contributed by atoms with Crippen LogP contribution >= 0.6 is 0 Å². The number of nitrogens with zero attached hydrogens (tertiary/aromatic N) is 1. The SMILES string of the molecule is COc1ccc(/C=C\C(=O)Nc2noc3ccccc23)cc1OC. The van der Waals surface area contributed by atoms with Crippen LogP contribution in [0.1, 0.15) is 5.56 Å². The lowest BCUT2D eigenvalue weighted by molar-refractivity contribution is -0.111. The van der Waals surface area contributed by atoms with Crippen LogP contribution in [0.4, 0.5) is 5.82 Å². The maximum Gasteiger partial charge on any atom is 0.249 e. The first-order valence-electron chi connectivity index (χ1n) is 7.27. The van der Waals surface area contributed by atoms with Gasteiger partial charge < -0.3 is 19.3 Å². The second-order valence-electron chi connectivity index (χ2n) is 4.96. The van der Waals surface area contributed by atoms with Gasteiger partial charge in [0.05, 0.1) is 19.6 Å². The molecule has 0 atom stereocenters. The molecule has 0 aliphatic heterocycles. The van der Waals surface area contributed by atoms with E-state index in [0.29, 0.717) is 22.9 Å². The molecule has 1 amide bonds. The maximum absolute atomic E-state index is 12.1. The van der Waals surface area contributed by atoms with E-state index in [1.165, 1.54) is 6.08 Å². The van der Waals surface area contributed by atoms with E-state index in [1.54, 1.807) is 38.5 Å². The summed E-state index contributed by atoms with van der Waals surface area (Å²) in [7, 11) is 3.14. The molecule has 1 N–H and O–H groups in total. The summed E-state index contributed by atoms with van der Waals surface area (Å²) in [5.74, 6) is 1.33. The first kappa shape index (κ1) is 15.6. The van der Waals surface area contributed by atoms with Crippen molar-refractivity contribution in [2.24, 2.45) is 0 Å². The van der Waals surface area contributed by atoms with Gasteiger partial charge in [-0.1, -0.05) is 23.4 Å². The first-order valence-corrected chi connectivity index (χ1v) is 7.27. The zero-order valence-electron chi connectivity index (χ0n) is 13.3. The lowest BCUT2D eigenvalue weighted by Gasteiger charge is -2.07. The number of ether oxygens (including phenoxy) is 2. The number of fused-ring (bicyclic) bond motifs is 1. The normalized spacial score (nSPS) is 10.9. The number of benzene rings is 2. The average molecular weight is 324 g/mol. The number of anilines is 1. The van der Waals surface area contributed by atoms with Crippen molar-refractivity contribution in [1.82, 2.24) is 5.16 Å². The number of carbonyl (C=O) groups is 1. The molecule has 0 aliphatic carbocycles. The zero-order chi connectivity index (χ0) is 16.9. The second-order valence-corrected chi connectivity index (χ2v) is 4.96. The third-order valence-corrected chi connectivity index (χ3v) is 3.45. The minimum atomic E-state index is -0.302. The largest absolute Gasteiger partial charge is 0.493 e. The van der Waals surface area contributed by atoms with Crippen LogP contribution in [0.15, 0.2) is 53.1 Å². The molecule has 0 radical (unpaired) electrons. The van der Waals surface area contributed by atoms with Gasteiger partial charge in [0, 0.05) is 6.08 Å². The van der Waals surface area contributed by atoms with Gasteiger partial charge in [0.2, 0.25) is 5.91 Å². The Morgan fingerprint density at radius 2 is 1.92 bits per heavy atom. The molecule has 1 aromatic heterocycles. The number of methoxy groups -OCH3 is 2. The lowest BCUT2D eigenvalue weighted by atomic mass is 10.2. The molecule has 0 saturated carbocycles.